The molecule has 0 aromatic heterocycles. The lowest BCUT2D eigenvalue weighted by atomic mass is 9.71. The van der Waals surface area contributed by atoms with Crippen molar-refractivity contribution in [2.45, 2.75) is 45.4 Å². The molecule has 4 rings (SSSR count). The maximum Gasteiger partial charge on any atom is 0.242 e. The topological polar surface area (TPSA) is 47.3 Å². The highest BCUT2D eigenvalue weighted by molar-refractivity contribution is 6.10. The number of carbonyl (C=O) groups excluding carboxylic acids is 1. The van der Waals surface area contributed by atoms with Crippen LogP contribution < -0.4 is 4.90 Å². The Morgan fingerprint density at radius 2 is 1.75 bits per heavy atom. The summed E-state index contributed by atoms with van der Waals surface area (Å²) in [5, 5.41) is 9.97. The van der Waals surface area contributed by atoms with Crippen molar-refractivity contribution >= 4 is 11.6 Å². The number of anilines is 1. The number of nitrogens with zero attached hydrogens (tertiary/aromatic N) is 3. The summed E-state index contributed by atoms with van der Waals surface area (Å²) in [6, 6.07) is 20.9. The molecule has 0 saturated carbocycles. The zero-order valence-electron chi connectivity index (χ0n) is 21.8. The van der Waals surface area contributed by atoms with Crippen LogP contribution in [0.3, 0.4) is 0 Å². The molecular weight excluding hydrogens is 442 g/mol. The Kier molecular flexibility index (Phi) is 8.92. The number of piperidine rings is 1. The fourth-order valence-corrected chi connectivity index (χ4v) is 5.66. The summed E-state index contributed by atoms with van der Waals surface area (Å²) in [6.45, 7) is 12.9. The van der Waals surface area contributed by atoms with Crippen molar-refractivity contribution in [3.63, 3.8) is 0 Å². The third-order valence-corrected chi connectivity index (χ3v) is 7.59. The van der Waals surface area contributed by atoms with Crippen molar-refractivity contribution in [1.29, 1.82) is 5.26 Å². The Balaban J connectivity index is 0.00000176. The number of fused-ring (bicyclic) bond motifs is 1. The number of hydrogen-bond donors (Lipinski definition) is 0. The molecule has 0 aliphatic carbocycles. The highest BCUT2D eigenvalue weighted by Gasteiger charge is 2.51. The van der Waals surface area contributed by atoms with Crippen molar-refractivity contribution in [3.8, 4) is 18.4 Å². The maximum atomic E-state index is 14.0. The van der Waals surface area contributed by atoms with Crippen molar-refractivity contribution in [3.05, 3.63) is 90.0 Å². The van der Waals surface area contributed by atoms with E-state index in [0.29, 0.717) is 25.8 Å². The molecule has 186 valence electrons. The van der Waals surface area contributed by atoms with Gasteiger partial charge in [0.2, 0.25) is 5.91 Å². The van der Waals surface area contributed by atoms with E-state index in [0.717, 1.165) is 42.0 Å². The van der Waals surface area contributed by atoms with Crippen LogP contribution in [0.1, 0.15) is 51.2 Å². The predicted octanol–water partition coefficient (Wildman–Crippen LogP) is 6.11. The quantitative estimate of drug-likeness (QED) is 0.356. The van der Waals surface area contributed by atoms with E-state index < -0.39 is 10.8 Å². The minimum atomic E-state index is -0.701. The Morgan fingerprint density at radius 1 is 1.11 bits per heavy atom. The van der Waals surface area contributed by atoms with E-state index in [1.54, 1.807) is 12.2 Å². The number of benzene rings is 2. The van der Waals surface area contributed by atoms with Gasteiger partial charge < -0.3 is 9.80 Å². The van der Waals surface area contributed by atoms with Crippen molar-refractivity contribution in [2.24, 2.45) is 5.41 Å². The first kappa shape index (κ1) is 27.0. The van der Waals surface area contributed by atoms with Crippen LogP contribution in [0.2, 0.25) is 0 Å². The lowest BCUT2D eigenvalue weighted by Crippen LogP contribution is -2.46. The van der Waals surface area contributed by atoms with Gasteiger partial charge in [-0.15, -0.1) is 6.42 Å². The van der Waals surface area contributed by atoms with Gasteiger partial charge in [-0.1, -0.05) is 81.0 Å². The Hall–Kier alpha value is -3.60. The lowest BCUT2D eigenvalue weighted by molar-refractivity contribution is -0.122. The van der Waals surface area contributed by atoms with E-state index >= 15 is 0 Å². The van der Waals surface area contributed by atoms with Gasteiger partial charge in [0.25, 0.3) is 0 Å². The molecule has 2 heterocycles. The zero-order valence-corrected chi connectivity index (χ0v) is 21.8. The smallest absolute Gasteiger partial charge is 0.242 e. The first-order valence-electron chi connectivity index (χ1n) is 13.0. The fraction of sp³-hybridized carbons (Fsp3) is 0.375. The van der Waals surface area contributed by atoms with Crippen molar-refractivity contribution < 1.29 is 4.79 Å². The van der Waals surface area contributed by atoms with Crippen LogP contribution in [0.5, 0.6) is 0 Å². The van der Waals surface area contributed by atoms with Gasteiger partial charge in [-0.3, -0.25) is 4.79 Å². The summed E-state index contributed by atoms with van der Waals surface area (Å²) in [4.78, 5) is 18.3. The maximum absolute atomic E-state index is 14.0. The minimum absolute atomic E-state index is 0.150. The molecule has 1 atom stereocenters. The van der Waals surface area contributed by atoms with Gasteiger partial charge in [0.1, 0.15) is 5.41 Å². The highest BCUT2D eigenvalue weighted by Crippen LogP contribution is 2.48. The summed E-state index contributed by atoms with van der Waals surface area (Å²) < 4.78 is 0. The van der Waals surface area contributed by atoms with Crippen LogP contribution in [0.4, 0.5) is 5.69 Å². The molecule has 2 aromatic rings. The van der Waals surface area contributed by atoms with Crippen LogP contribution in [-0.2, 0) is 10.2 Å². The van der Waals surface area contributed by atoms with Gasteiger partial charge in [0, 0.05) is 12.2 Å². The van der Waals surface area contributed by atoms with E-state index in [9.17, 15) is 10.1 Å². The molecule has 0 N–H and O–H groups in total. The second-order valence-electron chi connectivity index (χ2n) is 9.09. The number of likely N-dealkylation sites (tertiary alicyclic amines) is 1. The third kappa shape index (κ3) is 4.62. The first-order chi connectivity index (χ1) is 17.6. The predicted molar refractivity (Wildman–Crippen MR) is 148 cm³/mol. The molecule has 1 amide bonds. The van der Waals surface area contributed by atoms with Gasteiger partial charge in [0.05, 0.1) is 11.5 Å². The average molecular weight is 480 g/mol. The van der Waals surface area contributed by atoms with E-state index in [1.165, 1.54) is 0 Å². The highest BCUT2D eigenvalue weighted by atomic mass is 16.2. The van der Waals surface area contributed by atoms with E-state index in [-0.39, 0.29) is 5.91 Å². The average Bonchev–Trinajstić information content (AvgIpc) is 3.20. The molecule has 1 saturated heterocycles. The lowest BCUT2D eigenvalue weighted by Gasteiger charge is -2.39. The van der Waals surface area contributed by atoms with Gasteiger partial charge in [-0.2, -0.15) is 5.26 Å². The molecule has 1 fully saturated rings. The van der Waals surface area contributed by atoms with Gasteiger partial charge >= 0.3 is 0 Å². The molecule has 2 aliphatic heterocycles. The van der Waals surface area contributed by atoms with Gasteiger partial charge in [-0.05, 0) is 74.7 Å². The molecule has 2 aliphatic rings. The second-order valence-corrected chi connectivity index (χ2v) is 9.09. The minimum Gasteiger partial charge on any atom is -0.311 e. The standard InChI is InChI=1S/C30H31N3O.C2H6/c1-4-12-24(5-2)29(23-31)17-20-32(21-18-29)22-19-30(25-13-8-7-9-14-25)26-15-10-11-16-27(26)33(6-3)28(30)34;1-2/h1,5,7-16H,2,6,17-22H2,3H3;1-2H3/b24-12+;. The number of likely N-dealkylation sites (N-methyl/N-ethyl adjacent to an activating group) is 1. The molecule has 0 radical (unpaired) electrons. The number of rotatable bonds is 7. The van der Waals surface area contributed by atoms with Gasteiger partial charge in [-0.25, -0.2) is 0 Å². The Labute approximate surface area is 216 Å². The molecular formula is C32H37N3O. The molecule has 0 spiro atoms. The van der Waals surface area contributed by atoms with E-state index in [4.69, 9.17) is 6.42 Å². The van der Waals surface area contributed by atoms with Crippen molar-refractivity contribution in [2.75, 3.05) is 31.1 Å². The SMILES string of the molecule is C#C/C=C(\C=C)C1(C#N)CCN(CCC2(c3ccccc3)C(=O)N(CC)c3ccccc32)CC1.CC. The summed E-state index contributed by atoms with van der Waals surface area (Å²) in [5.74, 6) is 2.71. The number of para-hydroxylation sites is 1. The summed E-state index contributed by atoms with van der Waals surface area (Å²) >= 11 is 0. The molecule has 1 unspecified atom stereocenters. The molecule has 2 aromatic carbocycles. The summed E-state index contributed by atoms with van der Waals surface area (Å²) in [7, 11) is 0. The van der Waals surface area contributed by atoms with Crippen LogP contribution in [0, 0.1) is 29.1 Å². The van der Waals surface area contributed by atoms with Crippen LogP contribution in [0.15, 0.2) is 78.9 Å². The van der Waals surface area contributed by atoms with E-state index in [1.807, 2.05) is 56.0 Å². The fourth-order valence-electron chi connectivity index (χ4n) is 5.66. The third-order valence-electron chi connectivity index (χ3n) is 7.59. The number of carbonyl (C=O) groups is 1. The normalized spacial score (nSPS) is 21.0. The van der Waals surface area contributed by atoms with E-state index in [2.05, 4.69) is 47.7 Å². The number of amides is 1. The zero-order chi connectivity index (χ0) is 26.2. The molecule has 36 heavy (non-hydrogen) atoms. The number of terminal acetylenes is 1. The largest absolute Gasteiger partial charge is 0.311 e. The number of allylic oxidation sites excluding steroid dienone is 3. The van der Waals surface area contributed by atoms with Gasteiger partial charge in [0.15, 0.2) is 0 Å². The van der Waals surface area contributed by atoms with Crippen LogP contribution >= 0.6 is 0 Å². The van der Waals surface area contributed by atoms with Crippen LogP contribution in [-0.4, -0.2) is 37.0 Å². The molecule has 0 bridgehead atoms. The Morgan fingerprint density at radius 3 is 2.33 bits per heavy atom. The summed E-state index contributed by atoms with van der Waals surface area (Å²) in [6.07, 6.45) is 11.0. The number of nitriles is 1. The Bertz CT molecular complexity index is 1180. The number of hydrogen-bond acceptors (Lipinski definition) is 3. The van der Waals surface area contributed by atoms with Crippen molar-refractivity contribution in [1.82, 2.24) is 4.90 Å². The monoisotopic (exact) mass is 479 g/mol. The summed E-state index contributed by atoms with van der Waals surface area (Å²) in [5.41, 5.74) is 2.68. The molecule has 4 nitrogen and oxygen atoms in total. The van der Waals surface area contributed by atoms with Crippen LogP contribution in [0.25, 0.3) is 0 Å². The first-order valence-corrected chi connectivity index (χ1v) is 13.0. The second kappa shape index (κ2) is 11.9. The molecule has 4 heteroatoms.